The highest BCUT2D eigenvalue weighted by molar-refractivity contribution is 8.13. The summed E-state index contributed by atoms with van der Waals surface area (Å²) >= 11 is 1.20. The molecule has 0 N–H and O–H groups in total. The van der Waals surface area contributed by atoms with Gasteiger partial charge in [-0.3, -0.25) is 4.79 Å². The monoisotopic (exact) mass is 240 g/mol. The molecule has 0 unspecified atom stereocenters. The van der Waals surface area contributed by atoms with Gasteiger partial charge in [-0.2, -0.15) is 0 Å². The molecule has 0 radical (unpaired) electrons. The van der Waals surface area contributed by atoms with E-state index >= 15 is 0 Å². The van der Waals surface area contributed by atoms with E-state index in [-0.39, 0.29) is 5.12 Å². The van der Waals surface area contributed by atoms with Crippen molar-refractivity contribution >= 4 is 16.9 Å². The van der Waals surface area contributed by atoms with Gasteiger partial charge in [0.25, 0.3) is 0 Å². The minimum atomic E-state index is -0.898. The Bertz CT molecular complexity index is 446. The SMILES string of the molecule is CC(=O)SCCC#Cc1ccc(F)c(F)c1. The third kappa shape index (κ3) is 4.45. The first kappa shape index (κ1) is 12.7. The number of hydrogen-bond acceptors (Lipinski definition) is 2. The van der Waals surface area contributed by atoms with Gasteiger partial charge < -0.3 is 0 Å². The van der Waals surface area contributed by atoms with Gasteiger partial charge in [0.05, 0.1) is 0 Å². The predicted molar refractivity (Wildman–Crippen MR) is 61.0 cm³/mol. The predicted octanol–water partition coefficient (Wildman–Crippen LogP) is 2.99. The zero-order chi connectivity index (χ0) is 12.0. The molecule has 0 aliphatic heterocycles. The van der Waals surface area contributed by atoms with Crippen LogP contribution in [-0.2, 0) is 4.79 Å². The van der Waals surface area contributed by atoms with E-state index in [4.69, 9.17) is 0 Å². The Labute approximate surface area is 97.2 Å². The lowest BCUT2D eigenvalue weighted by atomic mass is 10.2. The maximum absolute atomic E-state index is 12.8. The summed E-state index contributed by atoms with van der Waals surface area (Å²) in [6, 6.07) is 3.52. The smallest absolute Gasteiger partial charge is 0.185 e. The quantitative estimate of drug-likeness (QED) is 0.584. The third-order valence-corrected chi connectivity index (χ3v) is 2.50. The number of hydrogen-bond donors (Lipinski definition) is 0. The highest BCUT2D eigenvalue weighted by Crippen LogP contribution is 2.07. The van der Waals surface area contributed by atoms with E-state index in [1.807, 2.05) is 0 Å². The molecule has 0 fully saturated rings. The number of rotatable bonds is 2. The Kier molecular flexibility index (Phi) is 5.00. The highest BCUT2D eigenvalue weighted by Gasteiger charge is 1.99. The fourth-order valence-electron chi connectivity index (χ4n) is 0.984. The van der Waals surface area contributed by atoms with E-state index in [0.29, 0.717) is 17.7 Å². The summed E-state index contributed by atoms with van der Waals surface area (Å²) in [4.78, 5) is 10.6. The third-order valence-electron chi connectivity index (χ3n) is 1.68. The van der Waals surface area contributed by atoms with Gasteiger partial charge in [0.1, 0.15) is 0 Å². The van der Waals surface area contributed by atoms with E-state index in [0.717, 1.165) is 12.1 Å². The van der Waals surface area contributed by atoms with Gasteiger partial charge in [0.2, 0.25) is 0 Å². The number of carbonyl (C=O) groups excluding carboxylic acids is 1. The van der Waals surface area contributed by atoms with Crippen LogP contribution in [0.1, 0.15) is 18.9 Å². The molecule has 1 rings (SSSR count). The van der Waals surface area contributed by atoms with Crippen molar-refractivity contribution in [1.82, 2.24) is 0 Å². The molecule has 1 nitrogen and oxygen atoms in total. The number of carbonyl (C=O) groups is 1. The van der Waals surface area contributed by atoms with Crippen LogP contribution < -0.4 is 0 Å². The molecule has 84 valence electrons. The van der Waals surface area contributed by atoms with E-state index < -0.39 is 11.6 Å². The van der Waals surface area contributed by atoms with Gasteiger partial charge >= 0.3 is 0 Å². The van der Waals surface area contributed by atoms with E-state index in [1.165, 1.54) is 24.8 Å². The number of halogens is 2. The maximum atomic E-state index is 12.8. The highest BCUT2D eigenvalue weighted by atomic mass is 32.2. The van der Waals surface area contributed by atoms with E-state index in [1.54, 1.807) is 0 Å². The molecule has 0 aliphatic rings. The van der Waals surface area contributed by atoms with Crippen LogP contribution in [0.3, 0.4) is 0 Å². The van der Waals surface area contributed by atoms with Crippen molar-refractivity contribution in [3.05, 3.63) is 35.4 Å². The van der Waals surface area contributed by atoms with Crippen molar-refractivity contribution in [3.63, 3.8) is 0 Å². The molecule has 0 aromatic heterocycles. The largest absolute Gasteiger partial charge is 0.288 e. The Morgan fingerprint density at radius 1 is 1.38 bits per heavy atom. The summed E-state index contributed by atoms with van der Waals surface area (Å²) in [6.45, 7) is 1.49. The summed E-state index contributed by atoms with van der Waals surface area (Å²) in [5.74, 6) is 4.34. The van der Waals surface area contributed by atoms with Crippen molar-refractivity contribution in [3.8, 4) is 11.8 Å². The molecular weight excluding hydrogens is 230 g/mol. The molecule has 0 saturated carbocycles. The van der Waals surface area contributed by atoms with E-state index in [2.05, 4.69) is 11.8 Å². The van der Waals surface area contributed by atoms with Crippen LogP contribution in [0.25, 0.3) is 0 Å². The van der Waals surface area contributed by atoms with Crippen molar-refractivity contribution in [2.45, 2.75) is 13.3 Å². The summed E-state index contributed by atoms with van der Waals surface area (Å²) in [7, 11) is 0. The topological polar surface area (TPSA) is 17.1 Å². The van der Waals surface area contributed by atoms with Gasteiger partial charge in [-0.05, 0) is 18.2 Å². The van der Waals surface area contributed by atoms with Crippen LogP contribution in [0, 0.1) is 23.5 Å². The van der Waals surface area contributed by atoms with Crippen LogP contribution in [0.2, 0.25) is 0 Å². The standard InChI is InChI=1S/C12H10F2OS/c1-9(15)16-7-3-2-4-10-5-6-11(13)12(14)8-10/h5-6,8H,3,7H2,1H3. The first-order chi connectivity index (χ1) is 7.59. The van der Waals surface area contributed by atoms with E-state index in [9.17, 15) is 13.6 Å². The van der Waals surface area contributed by atoms with Crippen LogP contribution in [0.15, 0.2) is 18.2 Å². The fraction of sp³-hybridized carbons (Fsp3) is 0.250. The number of thioether (sulfide) groups is 1. The lowest BCUT2D eigenvalue weighted by Crippen LogP contribution is -1.86. The van der Waals surface area contributed by atoms with Crippen LogP contribution in [0.4, 0.5) is 8.78 Å². The summed E-state index contributed by atoms with van der Waals surface area (Å²) in [6.07, 6.45) is 0.545. The Morgan fingerprint density at radius 2 is 2.12 bits per heavy atom. The molecule has 16 heavy (non-hydrogen) atoms. The Hall–Kier alpha value is -1.34. The first-order valence-electron chi connectivity index (χ1n) is 4.67. The lowest BCUT2D eigenvalue weighted by molar-refractivity contribution is -0.109. The summed E-state index contributed by atoms with van der Waals surface area (Å²) < 4.78 is 25.3. The van der Waals surface area contributed by atoms with Crippen LogP contribution in [-0.4, -0.2) is 10.9 Å². The number of benzene rings is 1. The molecular formula is C12H10F2OS. The molecule has 0 heterocycles. The van der Waals surface area contributed by atoms with Crippen LogP contribution >= 0.6 is 11.8 Å². The van der Waals surface area contributed by atoms with Gasteiger partial charge in [-0.15, -0.1) is 0 Å². The fourth-order valence-corrected chi connectivity index (χ4v) is 1.48. The van der Waals surface area contributed by atoms with Gasteiger partial charge in [-0.1, -0.05) is 23.6 Å². The molecule has 0 atom stereocenters. The summed E-state index contributed by atoms with van der Waals surface area (Å²) in [5.41, 5.74) is 0.437. The molecule has 1 aromatic rings. The molecule has 0 amide bonds. The van der Waals surface area contributed by atoms with Gasteiger partial charge in [0, 0.05) is 24.7 Å². The molecule has 0 saturated heterocycles. The van der Waals surface area contributed by atoms with Gasteiger partial charge in [-0.25, -0.2) is 8.78 Å². The zero-order valence-electron chi connectivity index (χ0n) is 8.72. The van der Waals surface area contributed by atoms with Gasteiger partial charge in [0.15, 0.2) is 16.7 Å². The van der Waals surface area contributed by atoms with Crippen molar-refractivity contribution < 1.29 is 13.6 Å². The second-order valence-corrected chi connectivity index (χ2v) is 4.29. The maximum Gasteiger partial charge on any atom is 0.185 e. The Balaban J connectivity index is 2.50. The first-order valence-corrected chi connectivity index (χ1v) is 5.65. The minimum absolute atomic E-state index is 0.0506. The Morgan fingerprint density at radius 3 is 2.75 bits per heavy atom. The van der Waals surface area contributed by atoms with Crippen LogP contribution in [0.5, 0.6) is 0 Å². The normalized spacial score (nSPS) is 9.44. The molecule has 0 aliphatic carbocycles. The second-order valence-electron chi connectivity index (χ2n) is 3.02. The lowest BCUT2D eigenvalue weighted by Gasteiger charge is -1.93. The van der Waals surface area contributed by atoms with Crippen molar-refractivity contribution in [2.75, 3.05) is 5.75 Å². The molecule has 1 aromatic carbocycles. The molecule has 4 heteroatoms. The zero-order valence-corrected chi connectivity index (χ0v) is 9.54. The second kappa shape index (κ2) is 6.29. The summed E-state index contributed by atoms with van der Waals surface area (Å²) in [5, 5.41) is 0.0506. The average Bonchev–Trinajstić information content (AvgIpc) is 2.22. The molecule has 0 spiro atoms. The van der Waals surface area contributed by atoms with Crippen molar-refractivity contribution in [2.24, 2.45) is 0 Å². The minimum Gasteiger partial charge on any atom is -0.288 e. The molecule has 0 bridgehead atoms. The van der Waals surface area contributed by atoms with Crippen molar-refractivity contribution in [1.29, 1.82) is 0 Å². The average molecular weight is 240 g/mol.